The fourth-order valence-electron chi connectivity index (χ4n) is 4.40. The molecule has 2 rings (SSSR count). The monoisotopic (exact) mass is 351 g/mol. The van der Waals surface area contributed by atoms with Gasteiger partial charge in [-0.05, 0) is 72.6 Å². The summed E-state index contributed by atoms with van der Waals surface area (Å²) in [6.45, 7) is 29.1. The van der Waals surface area contributed by atoms with Crippen LogP contribution < -0.4 is 0 Å². The Morgan fingerprint density at radius 2 is 1.24 bits per heavy atom. The first kappa shape index (κ1) is 21.2. The highest BCUT2D eigenvalue weighted by Gasteiger charge is 2.41. The van der Waals surface area contributed by atoms with E-state index in [0.29, 0.717) is 22.5 Å². The van der Waals surface area contributed by atoms with E-state index < -0.39 is 0 Å². The summed E-state index contributed by atoms with van der Waals surface area (Å²) < 4.78 is 0. The Morgan fingerprint density at radius 1 is 0.760 bits per heavy atom. The molecule has 0 radical (unpaired) electrons. The summed E-state index contributed by atoms with van der Waals surface area (Å²) in [6, 6.07) is 0.711. The van der Waals surface area contributed by atoms with Crippen molar-refractivity contribution in [2.45, 2.75) is 92.3 Å². The molecule has 0 aromatic rings. The zero-order valence-corrected chi connectivity index (χ0v) is 18.7. The van der Waals surface area contributed by atoms with Crippen LogP contribution in [0.4, 0.5) is 0 Å². The van der Waals surface area contributed by atoms with Crippen LogP contribution in [0.2, 0.25) is 0 Å². The first-order valence-electron chi connectivity index (χ1n) is 10.6. The van der Waals surface area contributed by atoms with Crippen molar-refractivity contribution < 1.29 is 0 Å². The fourth-order valence-corrected chi connectivity index (χ4v) is 4.40. The lowest BCUT2D eigenvalue weighted by Crippen LogP contribution is -2.59. The van der Waals surface area contributed by atoms with Crippen LogP contribution >= 0.6 is 0 Å². The van der Waals surface area contributed by atoms with Gasteiger partial charge in [-0.1, -0.05) is 13.8 Å². The Morgan fingerprint density at radius 3 is 1.68 bits per heavy atom. The van der Waals surface area contributed by atoms with Gasteiger partial charge in [0.15, 0.2) is 0 Å². The van der Waals surface area contributed by atoms with Gasteiger partial charge in [0.25, 0.3) is 0 Å². The molecule has 148 valence electrons. The van der Waals surface area contributed by atoms with Crippen molar-refractivity contribution in [3.8, 4) is 0 Å². The van der Waals surface area contributed by atoms with Crippen molar-refractivity contribution in [3.63, 3.8) is 0 Å². The number of hydrogen-bond donors (Lipinski definition) is 0. The predicted octanol–water partition coefficient (Wildman–Crippen LogP) is 4.33. The van der Waals surface area contributed by atoms with Gasteiger partial charge in [0, 0.05) is 56.4 Å². The van der Waals surface area contributed by atoms with E-state index in [9.17, 15) is 0 Å². The summed E-state index contributed by atoms with van der Waals surface area (Å²) in [5.41, 5.74) is 1.10. The Bertz CT molecular complexity index is 419. The summed E-state index contributed by atoms with van der Waals surface area (Å²) in [5.74, 6) is 0.878. The largest absolute Gasteiger partial charge is 0.300 e. The summed E-state index contributed by atoms with van der Waals surface area (Å²) in [5, 5.41) is 0. The standard InChI is InChI=1S/C22H45N3/c1-18(2)23-16-19(17-23)21(6,7)10-11-22(8,9)25-14-12-24(13-15-25)20(3,4)5/h18-19H,10-17H2,1-9H3. The Balaban J connectivity index is 1.81. The van der Waals surface area contributed by atoms with E-state index in [-0.39, 0.29) is 0 Å². The maximum Gasteiger partial charge on any atom is 0.0154 e. The number of piperazine rings is 1. The van der Waals surface area contributed by atoms with Crippen molar-refractivity contribution in [3.05, 3.63) is 0 Å². The Kier molecular flexibility index (Phi) is 6.34. The van der Waals surface area contributed by atoms with E-state index in [1.807, 2.05) is 0 Å². The fraction of sp³-hybridized carbons (Fsp3) is 1.00. The zero-order chi connectivity index (χ0) is 19.0. The molecule has 0 N–H and O–H groups in total. The van der Waals surface area contributed by atoms with Gasteiger partial charge in [-0.2, -0.15) is 0 Å². The second-order valence-corrected chi connectivity index (χ2v) is 11.2. The average molecular weight is 352 g/mol. The van der Waals surface area contributed by atoms with Gasteiger partial charge in [0.1, 0.15) is 0 Å². The lowest BCUT2D eigenvalue weighted by Gasteiger charge is -2.52. The smallest absolute Gasteiger partial charge is 0.0154 e. The van der Waals surface area contributed by atoms with Crippen molar-refractivity contribution >= 4 is 0 Å². The van der Waals surface area contributed by atoms with Gasteiger partial charge in [-0.3, -0.25) is 9.80 Å². The molecule has 3 heteroatoms. The molecule has 2 fully saturated rings. The lowest BCUT2D eigenvalue weighted by molar-refractivity contribution is -0.0252. The third-order valence-corrected chi connectivity index (χ3v) is 7.21. The Labute approximate surface area is 158 Å². The first-order chi connectivity index (χ1) is 11.3. The number of rotatable bonds is 6. The van der Waals surface area contributed by atoms with Crippen LogP contribution in [0.15, 0.2) is 0 Å². The summed E-state index contributed by atoms with van der Waals surface area (Å²) >= 11 is 0. The molecule has 0 amide bonds. The molecule has 3 nitrogen and oxygen atoms in total. The van der Waals surface area contributed by atoms with Crippen molar-refractivity contribution in [2.75, 3.05) is 39.3 Å². The van der Waals surface area contributed by atoms with Gasteiger partial charge in [-0.15, -0.1) is 0 Å². The van der Waals surface area contributed by atoms with Crippen molar-refractivity contribution in [1.29, 1.82) is 0 Å². The average Bonchev–Trinajstić information content (AvgIpc) is 2.42. The van der Waals surface area contributed by atoms with Crippen molar-refractivity contribution in [1.82, 2.24) is 14.7 Å². The maximum absolute atomic E-state index is 2.74. The summed E-state index contributed by atoms with van der Waals surface area (Å²) in [6.07, 6.45) is 2.66. The van der Waals surface area contributed by atoms with Gasteiger partial charge in [0.05, 0.1) is 0 Å². The third-order valence-electron chi connectivity index (χ3n) is 7.21. The highest BCUT2D eigenvalue weighted by atomic mass is 15.3. The van der Waals surface area contributed by atoms with E-state index in [0.717, 1.165) is 5.92 Å². The molecule has 0 spiro atoms. The summed E-state index contributed by atoms with van der Waals surface area (Å²) in [4.78, 5) is 7.99. The summed E-state index contributed by atoms with van der Waals surface area (Å²) in [7, 11) is 0. The van der Waals surface area contributed by atoms with Crippen LogP contribution in [0.25, 0.3) is 0 Å². The van der Waals surface area contributed by atoms with Crippen LogP contribution in [0.5, 0.6) is 0 Å². The highest BCUT2D eigenvalue weighted by Crippen LogP contribution is 2.41. The third kappa shape index (κ3) is 5.20. The molecule has 0 unspecified atom stereocenters. The SMILES string of the molecule is CC(C)N1CC(C(C)(C)CCC(C)(C)N2CCN(C(C)(C)C)CC2)C1. The van der Waals surface area contributed by atoms with E-state index in [1.54, 1.807) is 0 Å². The Hall–Kier alpha value is -0.120. The van der Waals surface area contributed by atoms with Crippen LogP contribution in [0, 0.1) is 11.3 Å². The molecule has 0 bridgehead atoms. The molecule has 2 aliphatic heterocycles. The molecular weight excluding hydrogens is 306 g/mol. The van der Waals surface area contributed by atoms with Crippen LogP contribution in [-0.2, 0) is 0 Å². The number of nitrogens with zero attached hydrogens (tertiary/aromatic N) is 3. The zero-order valence-electron chi connectivity index (χ0n) is 18.7. The van der Waals surface area contributed by atoms with Gasteiger partial charge >= 0.3 is 0 Å². The molecule has 25 heavy (non-hydrogen) atoms. The van der Waals surface area contributed by atoms with Gasteiger partial charge < -0.3 is 4.90 Å². The first-order valence-corrected chi connectivity index (χ1v) is 10.6. The quantitative estimate of drug-likeness (QED) is 0.705. The van der Waals surface area contributed by atoms with Crippen LogP contribution in [-0.4, -0.2) is 71.1 Å². The van der Waals surface area contributed by atoms with E-state index in [1.165, 1.54) is 52.1 Å². The molecule has 0 aliphatic carbocycles. The predicted molar refractivity (Wildman–Crippen MR) is 110 cm³/mol. The number of likely N-dealkylation sites (tertiary alicyclic amines) is 1. The minimum absolute atomic E-state index is 0.310. The van der Waals surface area contributed by atoms with E-state index in [2.05, 4.69) is 77.0 Å². The molecule has 0 aromatic heterocycles. The minimum Gasteiger partial charge on any atom is -0.300 e. The normalized spacial score (nSPS) is 23.3. The molecule has 2 aliphatic rings. The molecule has 2 heterocycles. The number of hydrogen-bond acceptors (Lipinski definition) is 3. The molecule has 0 aromatic carbocycles. The minimum atomic E-state index is 0.310. The lowest BCUT2D eigenvalue weighted by atomic mass is 9.69. The van der Waals surface area contributed by atoms with E-state index in [4.69, 9.17) is 0 Å². The highest BCUT2D eigenvalue weighted by molar-refractivity contribution is 4.95. The van der Waals surface area contributed by atoms with Crippen LogP contribution in [0.1, 0.15) is 75.2 Å². The van der Waals surface area contributed by atoms with Gasteiger partial charge in [0.2, 0.25) is 0 Å². The van der Waals surface area contributed by atoms with E-state index >= 15 is 0 Å². The molecule has 0 atom stereocenters. The maximum atomic E-state index is 2.74. The molecular formula is C22H45N3. The van der Waals surface area contributed by atoms with Gasteiger partial charge in [-0.25, -0.2) is 0 Å². The topological polar surface area (TPSA) is 9.72 Å². The van der Waals surface area contributed by atoms with Crippen LogP contribution in [0.3, 0.4) is 0 Å². The molecule has 2 saturated heterocycles. The second-order valence-electron chi connectivity index (χ2n) is 11.2. The second kappa shape index (κ2) is 7.48. The molecule has 0 saturated carbocycles. The van der Waals surface area contributed by atoms with Crippen molar-refractivity contribution in [2.24, 2.45) is 11.3 Å².